The Hall–Kier alpha value is -1.55. The van der Waals surface area contributed by atoms with Crippen LogP contribution in [0.25, 0.3) is 0 Å². The minimum atomic E-state index is -0.0653. The van der Waals surface area contributed by atoms with Gasteiger partial charge in [0.25, 0.3) is 5.91 Å². The Morgan fingerprint density at radius 3 is 2.93 bits per heavy atom. The van der Waals surface area contributed by atoms with Crippen LogP contribution in [0.15, 0.2) is 18.2 Å². The second kappa shape index (κ2) is 3.90. The van der Waals surface area contributed by atoms with E-state index in [-0.39, 0.29) is 18.3 Å². The molecule has 0 atom stereocenters. The summed E-state index contributed by atoms with van der Waals surface area (Å²) in [6, 6.07) is 5.24. The van der Waals surface area contributed by atoms with Crippen molar-refractivity contribution in [3.8, 4) is 5.75 Å². The Balaban J connectivity index is 2.28. The maximum atomic E-state index is 11.5. The maximum Gasteiger partial charge on any atom is 0.253 e. The van der Waals surface area contributed by atoms with Crippen LogP contribution < -0.4 is 4.90 Å². The molecule has 1 saturated heterocycles. The number of anilines is 1. The van der Waals surface area contributed by atoms with Crippen LogP contribution in [0.4, 0.5) is 5.69 Å². The number of morpholine rings is 1. The number of phenolic OH excluding ortho intramolecular Hbond substituents is 1. The number of aryl methyl sites for hydroxylation is 1. The molecule has 1 aliphatic heterocycles. The summed E-state index contributed by atoms with van der Waals surface area (Å²) in [4.78, 5) is 13.1. The molecule has 1 fully saturated rings. The first kappa shape index (κ1) is 9.98. The summed E-state index contributed by atoms with van der Waals surface area (Å²) in [6.45, 7) is 3.02. The number of hydrogen-bond donors (Lipinski definition) is 1. The third-order valence-electron chi connectivity index (χ3n) is 2.49. The third kappa shape index (κ3) is 1.94. The summed E-state index contributed by atoms with van der Waals surface area (Å²) in [6.07, 6.45) is 0. The van der Waals surface area contributed by atoms with Gasteiger partial charge in [0.1, 0.15) is 12.4 Å². The highest BCUT2D eigenvalue weighted by Crippen LogP contribution is 2.24. The number of rotatable bonds is 1. The Morgan fingerprint density at radius 2 is 2.27 bits per heavy atom. The highest BCUT2D eigenvalue weighted by molar-refractivity contribution is 5.95. The predicted octanol–water partition coefficient (Wildman–Crippen LogP) is 1.06. The Labute approximate surface area is 88.1 Å². The molecule has 1 N–H and O–H groups in total. The average Bonchev–Trinajstić information content (AvgIpc) is 2.23. The van der Waals surface area contributed by atoms with Crippen molar-refractivity contribution in [1.29, 1.82) is 0 Å². The number of ether oxygens (including phenoxy) is 1. The lowest BCUT2D eigenvalue weighted by Gasteiger charge is -2.27. The Bertz CT molecular complexity index is 389. The molecule has 1 heterocycles. The number of carbonyl (C=O) groups excluding carboxylic acids is 1. The SMILES string of the molecule is Cc1ccc(N2CCOCC2=O)cc1O. The molecule has 80 valence electrons. The molecule has 0 spiro atoms. The van der Waals surface area contributed by atoms with E-state index >= 15 is 0 Å². The zero-order valence-electron chi connectivity index (χ0n) is 8.56. The van der Waals surface area contributed by atoms with Gasteiger partial charge >= 0.3 is 0 Å². The molecular weight excluding hydrogens is 194 g/mol. The van der Waals surface area contributed by atoms with Crippen molar-refractivity contribution in [2.24, 2.45) is 0 Å². The monoisotopic (exact) mass is 207 g/mol. The fourth-order valence-electron chi connectivity index (χ4n) is 1.56. The number of nitrogens with zero attached hydrogens (tertiary/aromatic N) is 1. The van der Waals surface area contributed by atoms with Crippen LogP contribution >= 0.6 is 0 Å². The first-order chi connectivity index (χ1) is 7.18. The van der Waals surface area contributed by atoms with E-state index in [9.17, 15) is 9.90 Å². The molecule has 1 aromatic carbocycles. The molecule has 0 bridgehead atoms. The Morgan fingerprint density at radius 1 is 1.47 bits per heavy atom. The molecular formula is C11H13NO3. The van der Waals surface area contributed by atoms with Gasteiger partial charge < -0.3 is 14.7 Å². The van der Waals surface area contributed by atoms with Crippen LogP contribution in [0.3, 0.4) is 0 Å². The van der Waals surface area contributed by atoms with Gasteiger partial charge in [-0.3, -0.25) is 4.79 Å². The first-order valence-corrected chi connectivity index (χ1v) is 4.86. The summed E-state index contributed by atoms with van der Waals surface area (Å²) in [5, 5.41) is 9.55. The van der Waals surface area contributed by atoms with Gasteiger partial charge in [0.15, 0.2) is 0 Å². The number of benzene rings is 1. The lowest BCUT2D eigenvalue weighted by Crippen LogP contribution is -2.41. The van der Waals surface area contributed by atoms with E-state index in [0.29, 0.717) is 13.2 Å². The van der Waals surface area contributed by atoms with E-state index in [1.54, 1.807) is 17.0 Å². The average molecular weight is 207 g/mol. The summed E-state index contributed by atoms with van der Waals surface area (Å²) >= 11 is 0. The number of amides is 1. The van der Waals surface area contributed by atoms with Crippen LogP contribution in [0, 0.1) is 6.92 Å². The first-order valence-electron chi connectivity index (χ1n) is 4.86. The van der Waals surface area contributed by atoms with Gasteiger partial charge in [0.2, 0.25) is 0 Å². The standard InChI is InChI=1S/C11H13NO3/c1-8-2-3-9(6-10(8)13)12-4-5-15-7-11(12)14/h2-3,6,13H,4-5,7H2,1H3. The van der Waals surface area contributed by atoms with Crippen LogP contribution in [-0.4, -0.2) is 30.8 Å². The van der Waals surface area contributed by atoms with Gasteiger partial charge in [-0.25, -0.2) is 0 Å². The molecule has 0 aromatic heterocycles. The number of aromatic hydroxyl groups is 1. The fourth-order valence-corrected chi connectivity index (χ4v) is 1.56. The summed E-state index contributed by atoms with van der Waals surface area (Å²) < 4.78 is 5.03. The van der Waals surface area contributed by atoms with Crippen LogP contribution in [0.5, 0.6) is 5.75 Å². The molecule has 1 aromatic rings. The van der Waals surface area contributed by atoms with Crippen molar-refractivity contribution in [1.82, 2.24) is 0 Å². The normalized spacial score (nSPS) is 16.9. The molecule has 15 heavy (non-hydrogen) atoms. The van der Waals surface area contributed by atoms with Crippen molar-refractivity contribution in [2.75, 3.05) is 24.7 Å². The van der Waals surface area contributed by atoms with E-state index in [1.165, 1.54) is 0 Å². The molecule has 0 unspecified atom stereocenters. The molecule has 0 aliphatic carbocycles. The van der Waals surface area contributed by atoms with E-state index in [1.807, 2.05) is 13.0 Å². The molecule has 4 nitrogen and oxygen atoms in total. The zero-order chi connectivity index (χ0) is 10.8. The molecule has 4 heteroatoms. The maximum absolute atomic E-state index is 11.5. The molecule has 1 amide bonds. The third-order valence-corrected chi connectivity index (χ3v) is 2.49. The molecule has 2 rings (SSSR count). The minimum Gasteiger partial charge on any atom is -0.508 e. The van der Waals surface area contributed by atoms with Gasteiger partial charge in [0.05, 0.1) is 6.61 Å². The van der Waals surface area contributed by atoms with E-state index in [4.69, 9.17) is 4.74 Å². The van der Waals surface area contributed by atoms with Crippen molar-refractivity contribution >= 4 is 11.6 Å². The highest BCUT2D eigenvalue weighted by Gasteiger charge is 2.20. The van der Waals surface area contributed by atoms with Crippen LogP contribution in [0.1, 0.15) is 5.56 Å². The van der Waals surface area contributed by atoms with Crippen LogP contribution in [0.2, 0.25) is 0 Å². The topological polar surface area (TPSA) is 49.8 Å². The van der Waals surface area contributed by atoms with Crippen molar-refractivity contribution in [3.05, 3.63) is 23.8 Å². The molecule has 1 aliphatic rings. The number of carbonyl (C=O) groups is 1. The van der Waals surface area contributed by atoms with Crippen molar-refractivity contribution < 1.29 is 14.6 Å². The van der Waals surface area contributed by atoms with Crippen molar-refractivity contribution in [3.63, 3.8) is 0 Å². The molecule has 0 saturated carbocycles. The highest BCUT2D eigenvalue weighted by atomic mass is 16.5. The largest absolute Gasteiger partial charge is 0.508 e. The summed E-state index contributed by atoms with van der Waals surface area (Å²) in [5.41, 5.74) is 1.53. The lowest BCUT2D eigenvalue weighted by atomic mass is 10.2. The summed E-state index contributed by atoms with van der Waals surface area (Å²) in [7, 11) is 0. The summed E-state index contributed by atoms with van der Waals surface area (Å²) in [5.74, 6) is 0.149. The minimum absolute atomic E-state index is 0.0653. The smallest absolute Gasteiger partial charge is 0.253 e. The zero-order valence-corrected chi connectivity index (χ0v) is 8.56. The predicted molar refractivity (Wildman–Crippen MR) is 56.0 cm³/mol. The van der Waals surface area contributed by atoms with E-state index < -0.39 is 0 Å². The van der Waals surface area contributed by atoms with Gasteiger partial charge in [-0.15, -0.1) is 0 Å². The molecule has 0 radical (unpaired) electrons. The number of phenols is 1. The second-order valence-electron chi connectivity index (χ2n) is 3.57. The Kier molecular flexibility index (Phi) is 2.60. The van der Waals surface area contributed by atoms with Gasteiger partial charge in [-0.1, -0.05) is 6.07 Å². The van der Waals surface area contributed by atoms with Crippen LogP contribution in [-0.2, 0) is 9.53 Å². The van der Waals surface area contributed by atoms with Gasteiger partial charge in [-0.05, 0) is 18.6 Å². The number of hydrogen-bond acceptors (Lipinski definition) is 3. The second-order valence-corrected chi connectivity index (χ2v) is 3.57. The quantitative estimate of drug-likeness (QED) is 0.749. The van der Waals surface area contributed by atoms with E-state index in [0.717, 1.165) is 11.3 Å². The fraction of sp³-hybridized carbons (Fsp3) is 0.364. The van der Waals surface area contributed by atoms with Crippen molar-refractivity contribution in [2.45, 2.75) is 6.92 Å². The van der Waals surface area contributed by atoms with Gasteiger partial charge in [-0.2, -0.15) is 0 Å². The lowest BCUT2D eigenvalue weighted by molar-refractivity contribution is -0.125. The van der Waals surface area contributed by atoms with E-state index in [2.05, 4.69) is 0 Å². The van der Waals surface area contributed by atoms with Gasteiger partial charge in [0, 0.05) is 18.3 Å².